The molecule has 0 saturated heterocycles. The van der Waals surface area contributed by atoms with Crippen molar-refractivity contribution in [1.82, 2.24) is 14.5 Å². The minimum absolute atomic E-state index is 0.193. The molecule has 0 aliphatic heterocycles. The van der Waals surface area contributed by atoms with E-state index >= 15 is 0 Å². The molecule has 25 heavy (non-hydrogen) atoms. The lowest BCUT2D eigenvalue weighted by atomic mass is 10.0. The summed E-state index contributed by atoms with van der Waals surface area (Å²) in [5, 5.41) is 8.94. The molecule has 1 aromatic heterocycles. The summed E-state index contributed by atoms with van der Waals surface area (Å²) in [5.74, 6) is -0.490. The molecule has 0 fully saturated rings. The van der Waals surface area contributed by atoms with Crippen LogP contribution in [0, 0.1) is 5.92 Å². The van der Waals surface area contributed by atoms with Crippen molar-refractivity contribution in [3.8, 4) is 0 Å². The average Bonchev–Trinajstić information content (AvgIpc) is 2.86. The molecule has 1 N–H and O–H groups in total. The molecule has 1 aromatic rings. The van der Waals surface area contributed by atoms with Crippen LogP contribution in [-0.2, 0) is 27.9 Å². The Kier molecular flexibility index (Phi) is 8.09. The monoisotopic (exact) mass is 353 g/mol. The molecular weight excluding hydrogens is 322 g/mol. The number of hydrogen-bond acceptors (Lipinski definition) is 5. The maximum atomic E-state index is 12.1. The number of esters is 1. The second-order valence-electron chi connectivity index (χ2n) is 7.49. The Morgan fingerprint density at radius 2 is 2.04 bits per heavy atom. The van der Waals surface area contributed by atoms with Gasteiger partial charge < -0.3 is 14.4 Å². The summed E-state index contributed by atoms with van der Waals surface area (Å²) in [6.07, 6.45) is 5.87. The van der Waals surface area contributed by atoms with Crippen molar-refractivity contribution >= 4 is 11.9 Å². The minimum atomic E-state index is -0.765. The predicted molar refractivity (Wildman–Crippen MR) is 95.0 cm³/mol. The van der Waals surface area contributed by atoms with Gasteiger partial charge >= 0.3 is 11.9 Å². The second-order valence-corrected chi connectivity index (χ2v) is 7.49. The lowest BCUT2D eigenvalue weighted by molar-refractivity contribution is -0.156. The Labute approximate surface area is 150 Å². The summed E-state index contributed by atoms with van der Waals surface area (Å²) >= 11 is 0. The Hall–Kier alpha value is -1.89. The van der Waals surface area contributed by atoms with E-state index in [2.05, 4.69) is 4.98 Å². The summed E-state index contributed by atoms with van der Waals surface area (Å²) in [6, 6.07) is 0. The number of nitrogens with zero attached hydrogens (tertiary/aromatic N) is 3. The van der Waals surface area contributed by atoms with Gasteiger partial charge in [-0.05, 0) is 40.2 Å². The molecular formula is C18H31N3O4. The van der Waals surface area contributed by atoms with Crippen molar-refractivity contribution < 1.29 is 19.4 Å². The molecule has 7 heteroatoms. The largest absolute Gasteiger partial charge is 0.481 e. The van der Waals surface area contributed by atoms with E-state index in [4.69, 9.17) is 9.84 Å². The third kappa shape index (κ3) is 8.67. The van der Waals surface area contributed by atoms with Crippen LogP contribution in [0.5, 0.6) is 0 Å². The summed E-state index contributed by atoms with van der Waals surface area (Å²) in [7, 11) is 1.92. The number of unbranched alkanes of at least 4 members (excludes halogenated alkanes) is 1. The molecule has 0 spiro atoms. The van der Waals surface area contributed by atoms with Crippen LogP contribution in [0.25, 0.3) is 0 Å². The third-order valence-corrected chi connectivity index (χ3v) is 3.84. The smallest absolute Gasteiger partial charge is 0.320 e. The van der Waals surface area contributed by atoms with Gasteiger partial charge in [-0.15, -0.1) is 0 Å². The highest BCUT2D eigenvalue weighted by Crippen LogP contribution is 2.12. The first-order valence-electron chi connectivity index (χ1n) is 8.71. The maximum absolute atomic E-state index is 12.1. The van der Waals surface area contributed by atoms with Gasteiger partial charge in [-0.1, -0.05) is 13.3 Å². The number of imidazole rings is 1. The molecule has 1 rings (SSSR count). The first kappa shape index (κ1) is 21.2. The lowest BCUT2D eigenvalue weighted by Crippen LogP contribution is -2.35. The fourth-order valence-corrected chi connectivity index (χ4v) is 2.43. The van der Waals surface area contributed by atoms with Gasteiger partial charge in [0.15, 0.2) is 0 Å². The summed E-state index contributed by atoms with van der Waals surface area (Å²) in [5.41, 5.74) is -0.511. The number of rotatable bonds is 10. The van der Waals surface area contributed by atoms with E-state index < -0.39 is 11.6 Å². The van der Waals surface area contributed by atoms with Crippen LogP contribution >= 0.6 is 0 Å². The number of hydrogen-bond donors (Lipinski definition) is 1. The number of carboxylic acids is 1. The van der Waals surface area contributed by atoms with Gasteiger partial charge in [-0.3, -0.25) is 14.5 Å². The maximum Gasteiger partial charge on any atom is 0.320 e. The van der Waals surface area contributed by atoms with Crippen molar-refractivity contribution in [2.75, 3.05) is 13.1 Å². The standard InChI is InChI=1S/C18H31N3O4/c1-14(17(23)24)8-6-7-10-21(12-15-19-9-11-20(15)5)13-16(22)25-18(2,3)4/h9,11,14H,6-8,10,12-13H2,1-5H3,(H,23,24)/t14-/m0/s1. The summed E-state index contributed by atoms with van der Waals surface area (Å²) in [6.45, 7) is 8.70. The minimum Gasteiger partial charge on any atom is -0.481 e. The zero-order valence-corrected chi connectivity index (χ0v) is 16.0. The first-order chi connectivity index (χ1) is 11.6. The van der Waals surface area contributed by atoms with Crippen molar-refractivity contribution in [3.05, 3.63) is 18.2 Å². The topological polar surface area (TPSA) is 84.7 Å². The van der Waals surface area contributed by atoms with Gasteiger partial charge in [0.05, 0.1) is 19.0 Å². The van der Waals surface area contributed by atoms with Crippen molar-refractivity contribution in [2.45, 2.75) is 59.1 Å². The molecule has 1 heterocycles. The van der Waals surface area contributed by atoms with Crippen LogP contribution in [0.3, 0.4) is 0 Å². The number of ether oxygens (including phenoxy) is 1. The van der Waals surface area contributed by atoms with Crippen molar-refractivity contribution in [2.24, 2.45) is 13.0 Å². The van der Waals surface area contributed by atoms with E-state index in [1.54, 1.807) is 13.1 Å². The lowest BCUT2D eigenvalue weighted by Gasteiger charge is -2.25. The molecule has 0 radical (unpaired) electrons. The Bertz CT molecular complexity index is 563. The SMILES string of the molecule is C[C@@H](CCCCN(CC(=O)OC(C)(C)C)Cc1nccn1C)C(=O)O. The molecule has 0 aliphatic carbocycles. The van der Waals surface area contributed by atoms with E-state index in [1.807, 2.05) is 43.5 Å². The van der Waals surface area contributed by atoms with Gasteiger partial charge in [0.2, 0.25) is 0 Å². The van der Waals surface area contributed by atoms with Gasteiger partial charge in [0, 0.05) is 19.4 Å². The van der Waals surface area contributed by atoms with Crippen LogP contribution < -0.4 is 0 Å². The van der Waals surface area contributed by atoms with E-state index in [-0.39, 0.29) is 18.4 Å². The second kappa shape index (κ2) is 9.56. The molecule has 1 atom stereocenters. The highest BCUT2D eigenvalue weighted by Gasteiger charge is 2.20. The summed E-state index contributed by atoms with van der Waals surface area (Å²) < 4.78 is 7.33. The molecule has 0 aromatic carbocycles. The normalized spacial score (nSPS) is 13.0. The molecule has 0 bridgehead atoms. The molecule has 0 saturated carbocycles. The number of carboxylic acid groups (broad SMARTS) is 1. The fraction of sp³-hybridized carbons (Fsp3) is 0.722. The van der Waals surface area contributed by atoms with E-state index in [0.717, 1.165) is 18.7 Å². The molecule has 7 nitrogen and oxygen atoms in total. The number of aryl methyl sites for hydroxylation is 1. The zero-order valence-electron chi connectivity index (χ0n) is 16.0. The fourth-order valence-electron chi connectivity index (χ4n) is 2.43. The van der Waals surface area contributed by atoms with Crippen LogP contribution in [0.2, 0.25) is 0 Å². The first-order valence-corrected chi connectivity index (χ1v) is 8.71. The van der Waals surface area contributed by atoms with Crippen LogP contribution in [0.15, 0.2) is 12.4 Å². The highest BCUT2D eigenvalue weighted by molar-refractivity contribution is 5.72. The number of aliphatic carboxylic acids is 1. The number of aromatic nitrogens is 2. The Morgan fingerprint density at radius 3 is 2.56 bits per heavy atom. The van der Waals surface area contributed by atoms with Crippen LogP contribution in [0.4, 0.5) is 0 Å². The highest BCUT2D eigenvalue weighted by atomic mass is 16.6. The Balaban J connectivity index is 2.57. The van der Waals surface area contributed by atoms with Gasteiger partial charge in [-0.2, -0.15) is 0 Å². The van der Waals surface area contributed by atoms with Gasteiger partial charge in [-0.25, -0.2) is 4.98 Å². The third-order valence-electron chi connectivity index (χ3n) is 3.84. The van der Waals surface area contributed by atoms with E-state index in [0.29, 0.717) is 19.5 Å². The van der Waals surface area contributed by atoms with E-state index in [1.165, 1.54) is 0 Å². The molecule has 0 amide bonds. The van der Waals surface area contributed by atoms with Gasteiger partial charge in [0.25, 0.3) is 0 Å². The average molecular weight is 353 g/mol. The predicted octanol–water partition coefficient (Wildman–Crippen LogP) is 2.45. The number of carbonyl (C=O) groups is 2. The molecule has 142 valence electrons. The molecule has 0 aliphatic rings. The Morgan fingerprint density at radius 1 is 1.36 bits per heavy atom. The molecule has 0 unspecified atom stereocenters. The number of carbonyl (C=O) groups excluding carboxylic acids is 1. The van der Waals surface area contributed by atoms with Crippen molar-refractivity contribution in [3.63, 3.8) is 0 Å². The van der Waals surface area contributed by atoms with Crippen LogP contribution in [0.1, 0.15) is 52.8 Å². The zero-order chi connectivity index (χ0) is 19.0. The van der Waals surface area contributed by atoms with Crippen LogP contribution in [-0.4, -0.2) is 50.2 Å². The summed E-state index contributed by atoms with van der Waals surface area (Å²) in [4.78, 5) is 29.3. The van der Waals surface area contributed by atoms with Crippen molar-refractivity contribution in [1.29, 1.82) is 0 Å². The van der Waals surface area contributed by atoms with E-state index in [9.17, 15) is 9.59 Å². The van der Waals surface area contributed by atoms with Gasteiger partial charge in [0.1, 0.15) is 11.4 Å². The quantitative estimate of drug-likeness (QED) is 0.514.